The van der Waals surface area contributed by atoms with E-state index in [-0.39, 0.29) is 11.6 Å². The minimum Gasteiger partial charge on any atom is -0.496 e. The van der Waals surface area contributed by atoms with Crippen LogP contribution in [0.1, 0.15) is 11.1 Å². The molecular weight excluding hydrogens is 358 g/mol. The van der Waals surface area contributed by atoms with Gasteiger partial charge >= 0.3 is 5.97 Å². The van der Waals surface area contributed by atoms with E-state index in [4.69, 9.17) is 30.5 Å². The van der Waals surface area contributed by atoms with Gasteiger partial charge in [0.15, 0.2) is 17.2 Å². The highest BCUT2D eigenvalue weighted by Crippen LogP contribution is 2.39. The standard InChI is InChI=1S/C19H14ClNO5/c1-23-15-5-3-2-4-12(15)18-21-14(19(22)26-18)9-11-8-13(20)17-16(10-11)24-6-7-25-17/h2-5,8-10H,6-7H2,1H3/b14-9-. The van der Waals surface area contributed by atoms with Crippen molar-refractivity contribution in [3.8, 4) is 17.2 Å². The molecule has 0 atom stereocenters. The fourth-order valence-electron chi connectivity index (χ4n) is 2.72. The Kier molecular flexibility index (Phi) is 4.26. The smallest absolute Gasteiger partial charge is 0.363 e. The first-order chi connectivity index (χ1) is 12.7. The third-order valence-corrected chi connectivity index (χ3v) is 4.16. The van der Waals surface area contributed by atoms with Crippen molar-refractivity contribution in [3.63, 3.8) is 0 Å². The Labute approximate surface area is 154 Å². The largest absolute Gasteiger partial charge is 0.496 e. The Hall–Kier alpha value is -2.99. The summed E-state index contributed by atoms with van der Waals surface area (Å²) >= 11 is 6.23. The van der Waals surface area contributed by atoms with Gasteiger partial charge in [0, 0.05) is 0 Å². The van der Waals surface area contributed by atoms with Crippen LogP contribution in [0.25, 0.3) is 6.08 Å². The predicted molar refractivity (Wildman–Crippen MR) is 96.0 cm³/mol. The quantitative estimate of drug-likeness (QED) is 0.610. The van der Waals surface area contributed by atoms with Gasteiger partial charge in [0.2, 0.25) is 5.90 Å². The third kappa shape index (κ3) is 2.99. The summed E-state index contributed by atoms with van der Waals surface area (Å²) < 4.78 is 21.6. The fraction of sp³-hybridized carbons (Fsp3) is 0.158. The van der Waals surface area contributed by atoms with Crippen LogP contribution >= 0.6 is 11.6 Å². The average molecular weight is 372 g/mol. The van der Waals surface area contributed by atoms with E-state index in [1.807, 2.05) is 12.1 Å². The van der Waals surface area contributed by atoms with Crippen LogP contribution < -0.4 is 14.2 Å². The second-order valence-corrected chi connectivity index (χ2v) is 5.97. The number of carbonyl (C=O) groups is 1. The number of hydrogen-bond donors (Lipinski definition) is 0. The Balaban J connectivity index is 1.70. The topological polar surface area (TPSA) is 66.3 Å². The highest BCUT2D eigenvalue weighted by Gasteiger charge is 2.26. The molecular formula is C19H14ClNO5. The van der Waals surface area contributed by atoms with Gasteiger partial charge in [-0.1, -0.05) is 23.7 Å². The van der Waals surface area contributed by atoms with Crippen molar-refractivity contribution >= 4 is 29.5 Å². The summed E-state index contributed by atoms with van der Waals surface area (Å²) in [6.45, 7) is 0.896. The lowest BCUT2D eigenvalue weighted by atomic mass is 10.1. The molecule has 2 aromatic rings. The van der Waals surface area contributed by atoms with Crippen LogP contribution in [0.3, 0.4) is 0 Å². The highest BCUT2D eigenvalue weighted by molar-refractivity contribution is 6.32. The van der Waals surface area contributed by atoms with Crippen LogP contribution in [-0.2, 0) is 9.53 Å². The van der Waals surface area contributed by atoms with E-state index in [1.54, 1.807) is 37.5 Å². The van der Waals surface area contributed by atoms with Crippen molar-refractivity contribution in [1.29, 1.82) is 0 Å². The molecule has 2 aliphatic rings. The number of fused-ring (bicyclic) bond motifs is 1. The monoisotopic (exact) mass is 371 g/mol. The van der Waals surface area contributed by atoms with E-state index in [1.165, 1.54) is 0 Å². The van der Waals surface area contributed by atoms with Gasteiger partial charge in [-0.25, -0.2) is 9.79 Å². The zero-order chi connectivity index (χ0) is 18.1. The number of para-hydroxylation sites is 1. The number of hydrogen-bond acceptors (Lipinski definition) is 6. The molecule has 2 aromatic carbocycles. The zero-order valence-electron chi connectivity index (χ0n) is 13.8. The average Bonchev–Trinajstić information content (AvgIpc) is 3.02. The highest BCUT2D eigenvalue weighted by atomic mass is 35.5. The molecule has 0 amide bonds. The lowest BCUT2D eigenvalue weighted by molar-refractivity contribution is -0.129. The third-order valence-electron chi connectivity index (χ3n) is 3.88. The van der Waals surface area contributed by atoms with Crippen molar-refractivity contribution < 1.29 is 23.7 Å². The van der Waals surface area contributed by atoms with E-state index in [2.05, 4.69) is 4.99 Å². The molecule has 0 N–H and O–H groups in total. The molecule has 0 fully saturated rings. The van der Waals surface area contributed by atoms with Crippen LogP contribution in [0.5, 0.6) is 17.2 Å². The molecule has 0 bridgehead atoms. The number of methoxy groups -OCH3 is 1. The summed E-state index contributed by atoms with van der Waals surface area (Å²) in [4.78, 5) is 16.5. The number of benzene rings is 2. The number of rotatable bonds is 3. The maximum atomic E-state index is 12.2. The summed E-state index contributed by atoms with van der Waals surface area (Å²) in [5, 5.41) is 0.411. The van der Waals surface area contributed by atoms with Gasteiger partial charge in [-0.3, -0.25) is 0 Å². The molecule has 0 spiro atoms. The van der Waals surface area contributed by atoms with Crippen LogP contribution in [-0.4, -0.2) is 32.2 Å². The van der Waals surface area contributed by atoms with Gasteiger partial charge in [0.1, 0.15) is 19.0 Å². The van der Waals surface area contributed by atoms with Gasteiger partial charge < -0.3 is 18.9 Å². The van der Waals surface area contributed by atoms with Crippen molar-refractivity contribution in [2.24, 2.45) is 4.99 Å². The van der Waals surface area contributed by atoms with Crippen molar-refractivity contribution in [1.82, 2.24) is 0 Å². The number of ether oxygens (including phenoxy) is 4. The second kappa shape index (κ2) is 6.72. The summed E-state index contributed by atoms with van der Waals surface area (Å²) in [6, 6.07) is 10.6. The molecule has 4 rings (SSSR count). The molecule has 2 heterocycles. The molecule has 0 aromatic heterocycles. The molecule has 2 aliphatic heterocycles. The molecule has 0 unspecified atom stereocenters. The molecule has 0 aliphatic carbocycles. The fourth-order valence-corrected chi connectivity index (χ4v) is 2.99. The van der Waals surface area contributed by atoms with Gasteiger partial charge in [0.05, 0.1) is 17.7 Å². The summed E-state index contributed by atoms with van der Waals surface area (Å²) in [7, 11) is 1.55. The van der Waals surface area contributed by atoms with Gasteiger partial charge in [-0.2, -0.15) is 0 Å². The van der Waals surface area contributed by atoms with Crippen molar-refractivity contribution in [3.05, 3.63) is 58.2 Å². The Morgan fingerprint density at radius 3 is 2.85 bits per heavy atom. The van der Waals surface area contributed by atoms with Crippen LogP contribution in [0, 0.1) is 0 Å². The molecule has 0 radical (unpaired) electrons. The summed E-state index contributed by atoms with van der Waals surface area (Å²) in [5.41, 5.74) is 1.43. The number of nitrogens with zero attached hydrogens (tertiary/aromatic N) is 1. The lowest BCUT2D eigenvalue weighted by Crippen LogP contribution is -2.15. The molecule has 7 heteroatoms. The summed E-state index contributed by atoms with van der Waals surface area (Å²) in [5.74, 6) is 1.27. The Bertz CT molecular complexity index is 951. The summed E-state index contributed by atoms with van der Waals surface area (Å²) in [6.07, 6.45) is 1.59. The van der Waals surface area contributed by atoms with Gasteiger partial charge in [0.25, 0.3) is 0 Å². The van der Waals surface area contributed by atoms with Crippen molar-refractivity contribution in [2.75, 3.05) is 20.3 Å². The van der Waals surface area contributed by atoms with E-state index >= 15 is 0 Å². The molecule has 0 saturated carbocycles. The van der Waals surface area contributed by atoms with Crippen molar-refractivity contribution in [2.45, 2.75) is 0 Å². The first-order valence-electron chi connectivity index (χ1n) is 7.91. The lowest BCUT2D eigenvalue weighted by Gasteiger charge is -2.19. The molecule has 6 nitrogen and oxygen atoms in total. The van der Waals surface area contributed by atoms with E-state index < -0.39 is 5.97 Å². The maximum Gasteiger partial charge on any atom is 0.363 e. The number of halogens is 1. The Morgan fingerprint density at radius 2 is 2.00 bits per heavy atom. The normalized spacial score (nSPS) is 17.1. The SMILES string of the molecule is COc1ccccc1C1=N/C(=C\c2cc(Cl)c3c(c2)OCCO3)C(=O)O1. The predicted octanol–water partition coefficient (Wildman–Crippen LogP) is 3.46. The minimum atomic E-state index is -0.545. The second-order valence-electron chi connectivity index (χ2n) is 5.56. The van der Waals surface area contributed by atoms with Crippen LogP contribution in [0.4, 0.5) is 0 Å². The van der Waals surface area contributed by atoms with E-state index in [0.717, 1.165) is 0 Å². The molecule has 26 heavy (non-hydrogen) atoms. The number of aliphatic imine (C=N–C) groups is 1. The zero-order valence-corrected chi connectivity index (χ0v) is 14.6. The number of carbonyl (C=O) groups excluding carboxylic acids is 1. The Morgan fingerprint density at radius 1 is 1.19 bits per heavy atom. The molecule has 0 saturated heterocycles. The number of esters is 1. The first kappa shape index (κ1) is 16.5. The number of cyclic esters (lactones) is 1. The first-order valence-corrected chi connectivity index (χ1v) is 8.28. The van der Waals surface area contributed by atoms with E-state index in [9.17, 15) is 4.79 Å². The van der Waals surface area contributed by atoms with Gasteiger partial charge in [-0.15, -0.1) is 0 Å². The van der Waals surface area contributed by atoms with Crippen LogP contribution in [0.2, 0.25) is 5.02 Å². The molecule has 132 valence electrons. The van der Waals surface area contributed by atoms with Gasteiger partial charge in [-0.05, 0) is 35.9 Å². The maximum absolute atomic E-state index is 12.2. The van der Waals surface area contributed by atoms with Crippen LogP contribution in [0.15, 0.2) is 47.1 Å². The minimum absolute atomic E-state index is 0.165. The van der Waals surface area contributed by atoms with E-state index in [0.29, 0.717) is 46.6 Å².